The third-order valence-electron chi connectivity index (χ3n) is 3.43. The van der Waals surface area contributed by atoms with Gasteiger partial charge in [0, 0.05) is 18.6 Å². The van der Waals surface area contributed by atoms with Crippen molar-refractivity contribution in [1.82, 2.24) is 15.1 Å². The average Bonchev–Trinajstić information content (AvgIpc) is 2.16. The molecule has 1 fully saturated rings. The number of carbonyl (C=O) groups excluding carboxylic acids is 1. The molecule has 1 atom stereocenters. The highest BCUT2D eigenvalue weighted by molar-refractivity contribution is 5.83. The third-order valence-corrected chi connectivity index (χ3v) is 3.43. The van der Waals surface area contributed by atoms with Gasteiger partial charge in [-0.1, -0.05) is 0 Å². The standard InChI is InChI=1S/C12H25N3O/c1-6-15-11(16)10(7-8-13-4)14(5)9-12(15,2)3/h10,13H,6-9H2,1-5H3. The second-order valence-corrected chi connectivity index (χ2v) is 5.22. The predicted molar refractivity (Wildman–Crippen MR) is 66.4 cm³/mol. The zero-order chi connectivity index (χ0) is 12.3. The highest BCUT2D eigenvalue weighted by Gasteiger charge is 2.41. The number of amides is 1. The summed E-state index contributed by atoms with van der Waals surface area (Å²) in [6.07, 6.45) is 0.887. The smallest absolute Gasteiger partial charge is 0.240 e. The number of nitrogens with one attached hydrogen (secondary N) is 1. The van der Waals surface area contributed by atoms with E-state index in [1.807, 2.05) is 19.0 Å². The molecule has 4 heteroatoms. The van der Waals surface area contributed by atoms with Crippen LogP contribution in [0.2, 0.25) is 0 Å². The molecule has 1 unspecified atom stereocenters. The molecule has 94 valence electrons. The fraction of sp³-hybridized carbons (Fsp3) is 0.917. The lowest BCUT2D eigenvalue weighted by molar-refractivity contribution is -0.150. The normalized spacial score (nSPS) is 26.2. The Morgan fingerprint density at radius 3 is 2.62 bits per heavy atom. The molecule has 1 aliphatic heterocycles. The summed E-state index contributed by atoms with van der Waals surface area (Å²) in [4.78, 5) is 16.5. The van der Waals surface area contributed by atoms with Gasteiger partial charge >= 0.3 is 0 Å². The summed E-state index contributed by atoms with van der Waals surface area (Å²) >= 11 is 0. The van der Waals surface area contributed by atoms with E-state index in [1.165, 1.54) is 0 Å². The monoisotopic (exact) mass is 227 g/mol. The van der Waals surface area contributed by atoms with Crippen molar-refractivity contribution < 1.29 is 4.79 Å². The molecule has 1 aliphatic rings. The van der Waals surface area contributed by atoms with Crippen LogP contribution in [0.15, 0.2) is 0 Å². The maximum Gasteiger partial charge on any atom is 0.240 e. The van der Waals surface area contributed by atoms with Gasteiger partial charge in [0.15, 0.2) is 0 Å². The number of rotatable bonds is 4. The summed E-state index contributed by atoms with van der Waals surface area (Å²) in [6.45, 7) is 8.97. The third kappa shape index (κ3) is 2.55. The van der Waals surface area contributed by atoms with Crippen LogP contribution in [-0.2, 0) is 4.79 Å². The van der Waals surface area contributed by atoms with Crippen molar-refractivity contribution in [1.29, 1.82) is 0 Å². The van der Waals surface area contributed by atoms with E-state index in [0.29, 0.717) is 0 Å². The molecular weight excluding hydrogens is 202 g/mol. The van der Waals surface area contributed by atoms with E-state index in [-0.39, 0.29) is 17.5 Å². The van der Waals surface area contributed by atoms with Crippen LogP contribution in [-0.4, -0.2) is 61.0 Å². The van der Waals surface area contributed by atoms with E-state index in [0.717, 1.165) is 26.1 Å². The van der Waals surface area contributed by atoms with Gasteiger partial charge in [-0.2, -0.15) is 0 Å². The molecule has 1 amide bonds. The zero-order valence-corrected chi connectivity index (χ0v) is 11.2. The molecule has 1 heterocycles. The molecule has 1 N–H and O–H groups in total. The first-order valence-electron chi connectivity index (χ1n) is 6.10. The second-order valence-electron chi connectivity index (χ2n) is 5.22. The number of piperazine rings is 1. The van der Waals surface area contributed by atoms with Gasteiger partial charge in [-0.25, -0.2) is 0 Å². The largest absolute Gasteiger partial charge is 0.335 e. The molecule has 1 rings (SSSR count). The van der Waals surface area contributed by atoms with Crippen molar-refractivity contribution in [2.75, 3.05) is 33.7 Å². The van der Waals surface area contributed by atoms with Gasteiger partial charge in [-0.15, -0.1) is 0 Å². The van der Waals surface area contributed by atoms with Crippen molar-refractivity contribution in [3.8, 4) is 0 Å². The lowest BCUT2D eigenvalue weighted by Crippen LogP contribution is -2.65. The summed E-state index contributed by atoms with van der Waals surface area (Å²) in [5.74, 6) is 0.275. The van der Waals surface area contributed by atoms with Crippen LogP contribution in [0, 0.1) is 0 Å². The van der Waals surface area contributed by atoms with Crippen molar-refractivity contribution in [2.24, 2.45) is 0 Å². The topological polar surface area (TPSA) is 35.6 Å². The maximum atomic E-state index is 12.3. The molecule has 1 saturated heterocycles. The Kier molecular flexibility index (Phi) is 4.33. The van der Waals surface area contributed by atoms with Gasteiger partial charge in [0.2, 0.25) is 5.91 Å². The Morgan fingerprint density at radius 2 is 2.12 bits per heavy atom. The van der Waals surface area contributed by atoms with Gasteiger partial charge in [-0.3, -0.25) is 9.69 Å². The van der Waals surface area contributed by atoms with Crippen molar-refractivity contribution in [3.63, 3.8) is 0 Å². The molecule has 0 bridgehead atoms. The highest BCUT2D eigenvalue weighted by atomic mass is 16.2. The first kappa shape index (κ1) is 13.5. The first-order valence-corrected chi connectivity index (χ1v) is 6.10. The van der Waals surface area contributed by atoms with Crippen LogP contribution in [0.1, 0.15) is 27.2 Å². The fourth-order valence-corrected chi connectivity index (χ4v) is 2.68. The van der Waals surface area contributed by atoms with Crippen LogP contribution < -0.4 is 5.32 Å². The van der Waals surface area contributed by atoms with E-state index < -0.39 is 0 Å². The minimum atomic E-state index is -0.0449. The summed E-state index contributed by atoms with van der Waals surface area (Å²) in [6, 6.07) is 0.0421. The fourth-order valence-electron chi connectivity index (χ4n) is 2.68. The SMILES string of the molecule is CCN1C(=O)C(CCNC)N(C)CC1(C)C. The number of likely N-dealkylation sites (N-methyl/N-ethyl adjacent to an activating group) is 2. The van der Waals surface area contributed by atoms with Crippen LogP contribution in [0.25, 0.3) is 0 Å². The molecule has 0 aromatic carbocycles. The average molecular weight is 227 g/mol. The zero-order valence-electron chi connectivity index (χ0n) is 11.2. The second kappa shape index (κ2) is 5.15. The molecular formula is C12H25N3O. The Balaban J connectivity index is 2.78. The van der Waals surface area contributed by atoms with Crippen molar-refractivity contribution >= 4 is 5.91 Å². The van der Waals surface area contributed by atoms with Gasteiger partial charge in [0.25, 0.3) is 0 Å². The molecule has 16 heavy (non-hydrogen) atoms. The Morgan fingerprint density at radius 1 is 1.50 bits per heavy atom. The van der Waals surface area contributed by atoms with Crippen molar-refractivity contribution in [2.45, 2.75) is 38.8 Å². The molecule has 0 aromatic rings. The van der Waals surface area contributed by atoms with Crippen LogP contribution in [0.3, 0.4) is 0 Å². The van der Waals surface area contributed by atoms with Gasteiger partial charge in [-0.05, 0) is 47.8 Å². The Labute approximate surface area is 99.0 Å². The van der Waals surface area contributed by atoms with Crippen LogP contribution in [0.4, 0.5) is 0 Å². The number of carbonyl (C=O) groups is 1. The summed E-state index contributed by atoms with van der Waals surface area (Å²) in [5, 5.41) is 3.11. The molecule has 0 saturated carbocycles. The molecule has 4 nitrogen and oxygen atoms in total. The van der Waals surface area contributed by atoms with E-state index in [2.05, 4.69) is 31.0 Å². The minimum Gasteiger partial charge on any atom is -0.335 e. The van der Waals surface area contributed by atoms with E-state index in [4.69, 9.17) is 0 Å². The van der Waals surface area contributed by atoms with Gasteiger partial charge in [0.1, 0.15) is 0 Å². The minimum absolute atomic E-state index is 0.0421. The van der Waals surface area contributed by atoms with E-state index in [1.54, 1.807) is 0 Å². The quantitative estimate of drug-likeness (QED) is 0.761. The number of hydrogen-bond acceptors (Lipinski definition) is 3. The Hall–Kier alpha value is -0.610. The summed E-state index contributed by atoms with van der Waals surface area (Å²) in [5.41, 5.74) is -0.0449. The van der Waals surface area contributed by atoms with E-state index in [9.17, 15) is 4.79 Å². The molecule has 0 aromatic heterocycles. The van der Waals surface area contributed by atoms with Gasteiger partial charge < -0.3 is 10.2 Å². The lowest BCUT2D eigenvalue weighted by atomic mass is 9.94. The van der Waals surface area contributed by atoms with Crippen LogP contribution >= 0.6 is 0 Å². The van der Waals surface area contributed by atoms with Crippen LogP contribution in [0.5, 0.6) is 0 Å². The van der Waals surface area contributed by atoms with Gasteiger partial charge in [0.05, 0.1) is 6.04 Å². The van der Waals surface area contributed by atoms with E-state index >= 15 is 0 Å². The highest BCUT2D eigenvalue weighted by Crippen LogP contribution is 2.25. The molecule has 0 spiro atoms. The first-order chi connectivity index (χ1) is 7.44. The summed E-state index contributed by atoms with van der Waals surface area (Å²) in [7, 11) is 3.97. The summed E-state index contributed by atoms with van der Waals surface area (Å²) < 4.78 is 0. The molecule has 0 radical (unpaired) electrons. The number of hydrogen-bond donors (Lipinski definition) is 1. The van der Waals surface area contributed by atoms with Crippen molar-refractivity contribution in [3.05, 3.63) is 0 Å². The maximum absolute atomic E-state index is 12.3. The lowest BCUT2D eigenvalue weighted by Gasteiger charge is -2.49. The molecule has 0 aliphatic carbocycles. The predicted octanol–water partition coefficient (Wildman–Crippen LogP) is 0.537. The Bertz CT molecular complexity index is 253. The number of nitrogens with zero attached hydrogens (tertiary/aromatic N) is 2.